The van der Waals surface area contributed by atoms with Crippen LogP contribution in [0.15, 0.2) is 48.8 Å². The van der Waals surface area contributed by atoms with Gasteiger partial charge in [-0.05, 0) is 36.4 Å². The van der Waals surface area contributed by atoms with Gasteiger partial charge in [0.05, 0.1) is 0 Å². The summed E-state index contributed by atoms with van der Waals surface area (Å²) in [4.78, 5) is 10.4. The van der Waals surface area contributed by atoms with Crippen LogP contribution in [0.1, 0.15) is 0 Å². The Morgan fingerprint density at radius 2 is 1.73 bits per heavy atom. The molecule has 1 aromatic heterocycles. The van der Waals surface area contributed by atoms with E-state index in [1.165, 1.54) is 0 Å². The van der Waals surface area contributed by atoms with Gasteiger partial charge >= 0.3 is 6.09 Å². The molecule has 2 N–H and O–H groups in total. The lowest BCUT2D eigenvalue weighted by atomic mass is 10.3. The fourth-order valence-electron chi connectivity index (χ4n) is 1.35. The predicted octanol–water partition coefficient (Wildman–Crippen LogP) is 2.57. The van der Waals surface area contributed by atoms with Crippen LogP contribution in [-0.2, 0) is 0 Å². The molecule has 1 aromatic carbocycles. The summed E-state index contributed by atoms with van der Waals surface area (Å²) < 4.78 is 1.95. The molecule has 0 saturated carbocycles. The van der Waals surface area contributed by atoms with E-state index in [1.807, 2.05) is 41.2 Å². The Morgan fingerprint density at radius 3 is 2.27 bits per heavy atom. The summed E-state index contributed by atoms with van der Waals surface area (Å²) in [5.74, 6) is 0. The smallest absolute Gasteiger partial charge is 0.409 e. The quantitative estimate of drug-likeness (QED) is 0.786. The Kier molecular flexibility index (Phi) is 2.41. The second-order valence-electron chi connectivity index (χ2n) is 3.07. The molecule has 0 bridgehead atoms. The summed E-state index contributed by atoms with van der Waals surface area (Å²) in [5.41, 5.74) is 1.56. The minimum absolute atomic E-state index is 0.568. The van der Waals surface area contributed by atoms with Crippen molar-refractivity contribution in [3.05, 3.63) is 48.8 Å². The summed E-state index contributed by atoms with van der Waals surface area (Å²) in [6, 6.07) is 11.0. The minimum Gasteiger partial charge on any atom is -0.465 e. The highest BCUT2D eigenvalue weighted by atomic mass is 16.4. The number of aromatic nitrogens is 1. The first kappa shape index (κ1) is 9.33. The highest BCUT2D eigenvalue weighted by Gasteiger charge is 1.98. The van der Waals surface area contributed by atoms with Gasteiger partial charge in [-0.1, -0.05) is 0 Å². The number of amides is 1. The zero-order valence-electron chi connectivity index (χ0n) is 7.92. The highest BCUT2D eigenvalue weighted by Crippen LogP contribution is 2.13. The summed E-state index contributed by atoms with van der Waals surface area (Å²) in [6.45, 7) is 0. The molecule has 0 radical (unpaired) electrons. The van der Waals surface area contributed by atoms with Crippen molar-refractivity contribution >= 4 is 11.8 Å². The molecule has 0 aliphatic heterocycles. The number of nitrogens with one attached hydrogen (secondary N) is 1. The zero-order valence-corrected chi connectivity index (χ0v) is 7.92. The molecule has 2 aromatic rings. The maximum Gasteiger partial charge on any atom is 0.409 e. The Morgan fingerprint density at radius 1 is 1.13 bits per heavy atom. The van der Waals surface area contributed by atoms with Gasteiger partial charge in [-0.2, -0.15) is 0 Å². The van der Waals surface area contributed by atoms with Gasteiger partial charge in [-0.3, -0.25) is 5.32 Å². The molecule has 4 nitrogen and oxygen atoms in total. The average Bonchev–Trinajstić information content (AvgIpc) is 2.71. The second-order valence-corrected chi connectivity index (χ2v) is 3.07. The van der Waals surface area contributed by atoms with E-state index in [0.29, 0.717) is 5.69 Å². The van der Waals surface area contributed by atoms with Crippen molar-refractivity contribution in [3.63, 3.8) is 0 Å². The molecular formula is C11H10N2O2. The number of anilines is 1. The third kappa shape index (κ3) is 2.17. The van der Waals surface area contributed by atoms with Crippen molar-refractivity contribution < 1.29 is 9.90 Å². The lowest BCUT2D eigenvalue weighted by Gasteiger charge is -2.04. The number of hydrogen-bond acceptors (Lipinski definition) is 1. The van der Waals surface area contributed by atoms with Crippen LogP contribution in [-0.4, -0.2) is 15.8 Å². The molecule has 0 fully saturated rings. The van der Waals surface area contributed by atoms with Gasteiger partial charge in [0.15, 0.2) is 0 Å². The minimum atomic E-state index is -1.05. The Balaban J connectivity index is 2.21. The normalized spacial score (nSPS) is 9.87. The molecule has 0 atom stereocenters. The number of nitrogens with zero attached hydrogens (tertiary/aromatic N) is 1. The maximum atomic E-state index is 10.4. The van der Waals surface area contributed by atoms with Crippen molar-refractivity contribution in [2.24, 2.45) is 0 Å². The molecule has 0 saturated heterocycles. The van der Waals surface area contributed by atoms with Crippen LogP contribution in [0, 0.1) is 0 Å². The second kappa shape index (κ2) is 3.88. The van der Waals surface area contributed by atoms with Crippen molar-refractivity contribution in [3.8, 4) is 5.69 Å². The first-order valence-electron chi connectivity index (χ1n) is 4.49. The van der Waals surface area contributed by atoms with E-state index in [2.05, 4.69) is 5.32 Å². The standard InChI is InChI=1S/C11H10N2O2/c14-11(15)12-9-3-5-10(6-4-9)13-7-1-2-8-13/h1-8,12H,(H,14,15). The fraction of sp³-hybridized carbons (Fsp3) is 0. The number of carbonyl (C=O) groups is 1. The van der Waals surface area contributed by atoms with E-state index < -0.39 is 6.09 Å². The van der Waals surface area contributed by atoms with Gasteiger partial charge in [0.2, 0.25) is 0 Å². The number of carboxylic acid groups (broad SMARTS) is 1. The third-order valence-corrected chi connectivity index (χ3v) is 2.02. The summed E-state index contributed by atoms with van der Waals surface area (Å²) in [5, 5.41) is 10.8. The fourth-order valence-corrected chi connectivity index (χ4v) is 1.35. The number of rotatable bonds is 2. The molecule has 1 amide bonds. The highest BCUT2D eigenvalue weighted by molar-refractivity contribution is 5.82. The van der Waals surface area contributed by atoms with Crippen LogP contribution in [0.5, 0.6) is 0 Å². The summed E-state index contributed by atoms with van der Waals surface area (Å²) in [6.07, 6.45) is 2.81. The van der Waals surface area contributed by atoms with Crippen LogP contribution >= 0.6 is 0 Å². The predicted molar refractivity (Wildman–Crippen MR) is 57.4 cm³/mol. The molecule has 2 rings (SSSR count). The van der Waals surface area contributed by atoms with Crippen LogP contribution in [0.3, 0.4) is 0 Å². The monoisotopic (exact) mass is 202 g/mol. The molecule has 0 aliphatic carbocycles. The van der Waals surface area contributed by atoms with Crippen molar-refractivity contribution in [2.45, 2.75) is 0 Å². The molecular weight excluding hydrogens is 192 g/mol. The van der Waals surface area contributed by atoms with Gasteiger partial charge in [-0.25, -0.2) is 4.79 Å². The van der Waals surface area contributed by atoms with Gasteiger partial charge in [0.25, 0.3) is 0 Å². The van der Waals surface area contributed by atoms with Gasteiger partial charge in [-0.15, -0.1) is 0 Å². The molecule has 0 aliphatic rings. The van der Waals surface area contributed by atoms with Gasteiger partial charge in [0.1, 0.15) is 0 Å². The molecule has 0 unspecified atom stereocenters. The Hall–Kier alpha value is -2.23. The molecule has 4 heteroatoms. The molecule has 76 valence electrons. The summed E-state index contributed by atoms with van der Waals surface area (Å²) in [7, 11) is 0. The zero-order chi connectivity index (χ0) is 10.7. The SMILES string of the molecule is O=C(O)Nc1ccc(-n2cccc2)cc1. The molecule has 1 heterocycles. The van der Waals surface area contributed by atoms with Crippen LogP contribution < -0.4 is 5.32 Å². The van der Waals surface area contributed by atoms with Crippen LogP contribution in [0.2, 0.25) is 0 Å². The molecule has 0 spiro atoms. The first-order valence-corrected chi connectivity index (χ1v) is 4.49. The van der Waals surface area contributed by atoms with Crippen LogP contribution in [0.25, 0.3) is 5.69 Å². The topological polar surface area (TPSA) is 54.3 Å². The third-order valence-electron chi connectivity index (χ3n) is 2.02. The van der Waals surface area contributed by atoms with Gasteiger partial charge in [0, 0.05) is 23.8 Å². The summed E-state index contributed by atoms with van der Waals surface area (Å²) >= 11 is 0. The van der Waals surface area contributed by atoms with Gasteiger partial charge < -0.3 is 9.67 Å². The van der Waals surface area contributed by atoms with E-state index in [9.17, 15) is 4.79 Å². The Bertz CT molecular complexity index is 446. The Labute approximate surface area is 86.8 Å². The van der Waals surface area contributed by atoms with E-state index in [1.54, 1.807) is 12.1 Å². The lowest BCUT2D eigenvalue weighted by molar-refractivity contribution is 0.210. The van der Waals surface area contributed by atoms with E-state index in [-0.39, 0.29) is 0 Å². The number of hydrogen-bond donors (Lipinski definition) is 2. The van der Waals surface area contributed by atoms with Crippen molar-refractivity contribution in [1.29, 1.82) is 0 Å². The van der Waals surface area contributed by atoms with E-state index in [4.69, 9.17) is 5.11 Å². The van der Waals surface area contributed by atoms with Crippen molar-refractivity contribution in [1.82, 2.24) is 4.57 Å². The van der Waals surface area contributed by atoms with Crippen molar-refractivity contribution in [2.75, 3.05) is 5.32 Å². The number of benzene rings is 1. The van der Waals surface area contributed by atoms with E-state index >= 15 is 0 Å². The van der Waals surface area contributed by atoms with Crippen LogP contribution in [0.4, 0.5) is 10.5 Å². The largest absolute Gasteiger partial charge is 0.465 e. The van der Waals surface area contributed by atoms with E-state index in [0.717, 1.165) is 5.69 Å². The molecule has 15 heavy (non-hydrogen) atoms. The average molecular weight is 202 g/mol. The lowest BCUT2D eigenvalue weighted by Crippen LogP contribution is -2.06. The first-order chi connectivity index (χ1) is 7.25. The maximum absolute atomic E-state index is 10.4.